The van der Waals surface area contributed by atoms with Crippen molar-refractivity contribution in [2.24, 2.45) is 0 Å². The first kappa shape index (κ1) is 21.8. The zero-order chi connectivity index (χ0) is 21.3. The van der Waals surface area contributed by atoms with Gasteiger partial charge in [0.15, 0.2) is 6.10 Å². The lowest BCUT2D eigenvalue weighted by molar-refractivity contribution is -0.136. The highest BCUT2D eigenvalue weighted by Crippen LogP contribution is 2.19. The molecular formula is C17H22FN3O6S. The molecule has 2 rings (SSSR count). The van der Waals surface area contributed by atoms with Gasteiger partial charge in [-0.1, -0.05) is 0 Å². The Hall–Kier alpha value is -2.53. The van der Waals surface area contributed by atoms with Gasteiger partial charge < -0.3 is 10.1 Å². The van der Waals surface area contributed by atoms with Gasteiger partial charge in [-0.05, 0) is 45.9 Å². The van der Waals surface area contributed by atoms with E-state index in [-0.39, 0.29) is 12.1 Å². The van der Waals surface area contributed by atoms with Gasteiger partial charge in [-0.2, -0.15) is 0 Å². The van der Waals surface area contributed by atoms with Gasteiger partial charge in [0.1, 0.15) is 10.7 Å². The molecule has 3 amide bonds. The predicted molar refractivity (Wildman–Crippen MR) is 96.5 cm³/mol. The minimum atomic E-state index is -4.23. The van der Waals surface area contributed by atoms with Crippen molar-refractivity contribution in [3.63, 3.8) is 0 Å². The maximum atomic E-state index is 14.1. The van der Waals surface area contributed by atoms with Crippen molar-refractivity contribution in [2.75, 3.05) is 13.1 Å². The number of benzene rings is 1. The number of rotatable bonds is 5. The topological polar surface area (TPSA) is 122 Å². The van der Waals surface area contributed by atoms with Crippen LogP contribution in [0.3, 0.4) is 0 Å². The molecule has 0 radical (unpaired) electrons. The molecule has 1 aliphatic rings. The summed E-state index contributed by atoms with van der Waals surface area (Å²) in [6.45, 7) is 6.49. The van der Waals surface area contributed by atoms with Crippen LogP contribution in [0.1, 0.15) is 38.1 Å². The Morgan fingerprint density at radius 1 is 1.32 bits per heavy atom. The van der Waals surface area contributed by atoms with E-state index in [1.165, 1.54) is 6.92 Å². The van der Waals surface area contributed by atoms with Crippen LogP contribution in [0.4, 0.5) is 9.18 Å². The van der Waals surface area contributed by atoms with Crippen LogP contribution in [-0.4, -0.2) is 56.0 Å². The van der Waals surface area contributed by atoms with E-state index >= 15 is 0 Å². The van der Waals surface area contributed by atoms with Gasteiger partial charge in [0, 0.05) is 18.6 Å². The second-order valence-electron chi connectivity index (χ2n) is 7.27. The molecule has 1 unspecified atom stereocenters. The Bertz CT molecular complexity index is 910. The standard InChI is InChI=1S/C17H22FN3O6S/c1-10(14(22)21-8-7-19-16(21)24)27-15(23)11-5-6-12(18)13(9-11)28(25,26)20-17(2,3)4/h5-6,9-10,20H,7-8H2,1-4H3,(H,19,24). The number of nitrogens with zero attached hydrogens (tertiary/aromatic N) is 1. The van der Waals surface area contributed by atoms with Gasteiger partial charge in [-0.15, -0.1) is 0 Å². The Balaban J connectivity index is 2.20. The number of urea groups is 1. The van der Waals surface area contributed by atoms with Crippen LogP contribution in [-0.2, 0) is 19.6 Å². The highest BCUT2D eigenvalue weighted by atomic mass is 32.2. The summed E-state index contributed by atoms with van der Waals surface area (Å²) in [4.78, 5) is 36.2. The Morgan fingerprint density at radius 3 is 2.50 bits per heavy atom. The van der Waals surface area contributed by atoms with Crippen molar-refractivity contribution >= 4 is 27.9 Å². The first-order chi connectivity index (χ1) is 12.8. The monoisotopic (exact) mass is 415 g/mol. The van der Waals surface area contributed by atoms with Crippen molar-refractivity contribution in [1.82, 2.24) is 14.9 Å². The normalized spacial score (nSPS) is 15.9. The second kappa shape index (κ2) is 7.84. The molecule has 2 N–H and O–H groups in total. The third-order valence-electron chi connectivity index (χ3n) is 3.65. The molecule has 28 heavy (non-hydrogen) atoms. The lowest BCUT2D eigenvalue weighted by Crippen LogP contribution is -2.42. The minimum absolute atomic E-state index is 0.150. The fraction of sp³-hybridized carbons (Fsp3) is 0.471. The number of hydrogen-bond donors (Lipinski definition) is 2. The number of imide groups is 1. The average molecular weight is 415 g/mol. The Labute approximate surface area is 162 Å². The van der Waals surface area contributed by atoms with Gasteiger partial charge in [-0.3, -0.25) is 9.69 Å². The van der Waals surface area contributed by atoms with Gasteiger partial charge in [0.05, 0.1) is 5.56 Å². The maximum absolute atomic E-state index is 14.1. The molecule has 0 spiro atoms. The Kier molecular flexibility index (Phi) is 6.09. The third kappa shape index (κ3) is 5.04. The van der Waals surface area contributed by atoms with E-state index in [0.29, 0.717) is 6.54 Å². The lowest BCUT2D eigenvalue weighted by atomic mass is 10.1. The zero-order valence-electron chi connectivity index (χ0n) is 15.9. The van der Waals surface area contributed by atoms with Crippen LogP contribution < -0.4 is 10.0 Å². The van der Waals surface area contributed by atoms with Gasteiger partial charge in [-0.25, -0.2) is 27.1 Å². The summed E-state index contributed by atoms with van der Waals surface area (Å²) >= 11 is 0. The summed E-state index contributed by atoms with van der Waals surface area (Å²) in [6, 6.07) is 2.13. The van der Waals surface area contributed by atoms with Gasteiger partial charge in [0.25, 0.3) is 5.91 Å². The first-order valence-corrected chi connectivity index (χ1v) is 9.94. The van der Waals surface area contributed by atoms with Crippen molar-refractivity contribution in [3.05, 3.63) is 29.6 Å². The number of sulfonamides is 1. The summed E-state index contributed by atoms with van der Waals surface area (Å²) in [6.07, 6.45) is -1.28. The second-order valence-corrected chi connectivity index (χ2v) is 8.92. The molecule has 1 fully saturated rings. The molecule has 9 nitrogen and oxygen atoms in total. The van der Waals surface area contributed by atoms with Crippen molar-refractivity contribution in [1.29, 1.82) is 0 Å². The highest BCUT2D eigenvalue weighted by Gasteiger charge is 2.32. The van der Waals surface area contributed by atoms with Crippen molar-refractivity contribution in [2.45, 2.75) is 44.2 Å². The molecule has 1 heterocycles. The van der Waals surface area contributed by atoms with Gasteiger partial charge in [0.2, 0.25) is 10.0 Å². The fourth-order valence-electron chi connectivity index (χ4n) is 2.47. The SMILES string of the molecule is CC(OC(=O)c1ccc(F)c(S(=O)(=O)NC(C)(C)C)c1)C(=O)N1CCNC1=O. The molecule has 0 aliphatic carbocycles. The number of nitrogens with one attached hydrogen (secondary N) is 2. The maximum Gasteiger partial charge on any atom is 0.338 e. The number of carbonyl (C=O) groups is 3. The molecule has 1 aliphatic heterocycles. The molecule has 1 saturated heterocycles. The molecule has 0 aromatic heterocycles. The molecule has 0 bridgehead atoms. The summed E-state index contributed by atoms with van der Waals surface area (Å²) in [5, 5.41) is 2.45. The number of amides is 3. The van der Waals surface area contributed by atoms with Crippen LogP contribution >= 0.6 is 0 Å². The number of halogens is 1. The van der Waals surface area contributed by atoms with E-state index in [9.17, 15) is 27.2 Å². The van der Waals surface area contributed by atoms with E-state index in [0.717, 1.165) is 23.1 Å². The summed E-state index contributed by atoms with van der Waals surface area (Å²) < 4.78 is 46.1. The smallest absolute Gasteiger partial charge is 0.338 e. The molecule has 1 atom stereocenters. The quantitative estimate of drug-likeness (QED) is 0.692. The van der Waals surface area contributed by atoms with E-state index in [4.69, 9.17) is 4.74 Å². The predicted octanol–water partition coefficient (Wildman–Crippen LogP) is 1.000. The minimum Gasteiger partial charge on any atom is -0.449 e. The molecular weight excluding hydrogens is 393 g/mol. The third-order valence-corrected chi connectivity index (χ3v) is 5.42. The Morgan fingerprint density at radius 2 is 1.96 bits per heavy atom. The molecule has 1 aromatic carbocycles. The van der Waals surface area contributed by atoms with E-state index in [2.05, 4.69) is 10.0 Å². The summed E-state index contributed by atoms with van der Waals surface area (Å²) in [5.41, 5.74) is -1.11. The molecule has 1 aromatic rings. The zero-order valence-corrected chi connectivity index (χ0v) is 16.7. The van der Waals surface area contributed by atoms with Crippen LogP contribution in [0.15, 0.2) is 23.1 Å². The molecule has 154 valence electrons. The van der Waals surface area contributed by atoms with Crippen LogP contribution in [0, 0.1) is 5.82 Å². The fourth-order valence-corrected chi connectivity index (χ4v) is 4.00. The van der Waals surface area contributed by atoms with Crippen LogP contribution in [0.5, 0.6) is 0 Å². The number of esters is 1. The number of carbonyl (C=O) groups excluding carboxylic acids is 3. The number of ether oxygens (including phenoxy) is 1. The molecule has 0 saturated carbocycles. The van der Waals surface area contributed by atoms with Crippen molar-refractivity contribution < 1.29 is 31.9 Å². The van der Waals surface area contributed by atoms with E-state index < -0.39 is 50.3 Å². The first-order valence-electron chi connectivity index (χ1n) is 8.45. The van der Waals surface area contributed by atoms with Crippen LogP contribution in [0.2, 0.25) is 0 Å². The highest BCUT2D eigenvalue weighted by molar-refractivity contribution is 7.89. The van der Waals surface area contributed by atoms with Gasteiger partial charge >= 0.3 is 12.0 Å². The molecule has 11 heteroatoms. The summed E-state index contributed by atoms with van der Waals surface area (Å²) in [7, 11) is -4.23. The average Bonchev–Trinajstić information content (AvgIpc) is 2.97. The number of hydrogen-bond acceptors (Lipinski definition) is 6. The van der Waals surface area contributed by atoms with E-state index in [1.807, 2.05) is 0 Å². The summed E-state index contributed by atoms with van der Waals surface area (Å²) in [5.74, 6) is -2.77. The lowest BCUT2D eigenvalue weighted by Gasteiger charge is -2.21. The van der Waals surface area contributed by atoms with Crippen LogP contribution in [0.25, 0.3) is 0 Å². The van der Waals surface area contributed by atoms with E-state index in [1.54, 1.807) is 20.8 Å². The van der Waals surface area contributed by atoms with Crippen molar-refractivity contribution in [3.8, 4) is 0 Å². The largest absolute Gasteiger partial charge is 0.449 e.